The van der Waals surface area contributed by atoms with Crippen LogP contribution in [0.3, 0.4) is 0 Å². The number of amides is 1. The maximum atomic E-state index is 12.5. The predicted molar refractivity (Wildman–Crippen MR) is 92.5 cm³/mol. The molecule has 0 saturated heterocycles. The SMILES string of the molecule is Cc1nc2c(cnn2C(C)C)cc1C(=O)Nc1ccc(Br)cn1. The molecule has 1 amide bonds. The van der Waals surface area contributed by atoms with Gasteiger partial charge in [-0.1, -0.05) is 0 Å². The number of fused-ring (bicyclic) bond motifs is 1. The quantitative estimate of drug-likeness (QED) is 0.758. The molecule has 3 rings (SSSR count). The molecule has 6 nitrogen and oxygen atoms in total. The summed E-state index contributed by atoms with van der Waals surface area (Å²) in [6.07, 6.45) is 3.37. The predicted octanol–water partition coefficient (Wildman–Crippen LogP) is 3.73. The standard InChI is InChI=1S/C16H16BrN5O/c1-9(2)22-15-11(7-19-22)6-13(10(3)20-15)16(23)21-14-5-4-12(17)8-18-14/h4-9H,1-3H3,(H,18,21,23). The number of nitrogens with zero attached hydrogens (tertiary/aromatic N) is 4. The number of halogens is 1. The Morgan fingerprint density at radius 1 is 1.30 bits per heavy atom. The second-order valence-corrected chi connectivity index (χ2v) is 6.45. The van der Waals surface area contributed by atoms with Gasteiger partial charge in [0.25, 0.3) is 5.91 Å². The zero-order valence-electron chi connectivity index (χ0n) is 13.0. The fourth-order valence-electron chi connectivity index (χ4n) is 2.31. The van der Waals surface area contributed by atoms with Crippen molar-refractivity contribution in [1.29, 1.82) is 0 Å². The molecule has 0 unspecified atom stereocenters. The largest absolute Gasteiger partial charge is 0.307 e. The Bertz CT molecular complexity index is 870. The smallest absolute Gasteiger partial charge is 0.258 e. The number of aryl methyl sites for hydroxylation is 1. The van der Waals surface area contributed by atoms with Crippen LogP contribution >= 0.6 is 15.9 Å². The Hall–Kier alpha value is -2.28. The first-order valence-electron chi connectivity index (χ1n) is 7.23. The zero-order valence-corrected chi connectivity index (χ0v) is 14.6. The van der Waals surface area contributed by atoms with Crippen molar-refractivity contribution in [3.8, 4) is 0 Å². The van der Waals surface area contributed by atoms with E-state index in [4.69, 9.17) is 0 Å². The van der Waals surface area contributed by atoms with Crippen LogP contribution < -0.4 is 5.32 Å². The number of anilines is 1. The van der Waals surface area contributed by atoms with Gasteiger partial charge in [0.05, 0.1) is 17.5 Å². The summed E-state index contributed by atoms with van der Waals surface area (Å²) in [5.74, 6) is 0.264. The van der Waals surface area contributed by atoms with E-state index in [0.29, 0.717) is 17.1 Å². The number of carbonyl (C=O) groups is 1. The third-order valence-electron chi connectivity index (χ3n) is 3.46. The molecule has 3 aromatic heterocycles. The Morgan fingerprint density at radius 3 is 2.74 bits per heavy atom. The van der Waals surface area contributed by atoms with E-state index in [2.05, 4.69) is 36.3 Å². The van der Waals surface area contributed by atoms with Crippen LogP contribution in [-0.4, -0.2) is 25.7 Å². The number of hydrogen-bond acceptors (Lipinski definition) is 4. The highest BCUT2D eigenvalue weighted by Crippen LogP contribution is 2.20. The van der Waals surface area contributed by atoms with Crippen molar-refractivity contribution >= 4 is 38.7 Å². The van der Waals surface area contributed by atoms with Crippen LogP contribution in [0.15, 0.2) is 35.1 Å². The van der Waals surface area contributed by atoms with Gasteiger partial charge in [0.1, 0.15) is 5.82 Å². The minimum Gasteiger partial charge on any atom is -0.307 e. The van der Waals surface area contributed by atoms with Crippen molar-refractivity contribution in [2.24, 2.45) is 0 Å². The van der Waals surface area contributed by atoms with Crippen molar-refractivity contribution in [2.45, 2.75) is 26.8 Å². The second kappa shape index (κ2) is 6.08. The van der Waals surface area contributed by atoms with Gasteiger partial charge in [0, 0.05) is 22.1 Å². The summed E-state index contributed by atoms with van der Waals surface area (Å²) in [7, 11) is 0. The van der Waals surface area contributed by atoms with Gasteiger partial charge < -0.3 is 5.32 Å². The maximum absolute atomic E-state index is 12.5. The summed E-state index contributed by atoms with van der Waals surface area (Å²) in [5, 5.41) is 7.96. The monoisotopic (exact) mass is 373 g/mol. The minimum absolute atomic E-state index is 0.214. The number of pyridine rings is 2. The molecule has 0 fully saturated rings. The van der Waals surface area contributed by atoms with Gasteiger partial charge >= 0.3 is 0 Å². The topological polar surface area (TPSA) is 72.7 Å². The normalized spacial score (nSPS) is 11.2. The van der Waals surface area contributed by atoms with Crippen molar-refractivity contribution in [3.05, 3.63) is 46.3 Å². The van der Waals surface area contributed by atoms with Crippen LogP contribution in [0.1, 0.15) is 35.9 Å². The van der Waals surface area contributed by atoms with E-state index in [-0.39, 0.29) is 11.9 Å². The summed E-state index contributed by atoms with van der Waals surface area (Å²) in [5.41, 5.74) is 1.97. The van der Waals surface area contributed by atoms with Crippen molar-refractivity contribution in [1.82, 2.24) is 19.7 Å². The molecular weight excluding hydrogens is 358 g/mol. The molecule has 0 bridgehead atoms. The summed E-state index contributed by atoms with van der Waals surface area (Å²) >= 11 is 3.31. The van der Waals surface area contributed by atoms with E-state index in [1.165, 1.54) is 0 Å². The maximum Gasteiger partial charge on any atom is 0.258 e. The molecule has 0 aliphatic heterocycles. The number of hydrogen-bond donors (Lipinski definition) is 1. The van der Waals surface area contributed by atoms with E-state index < -0.39 is 0 Å². The average Bonchev–Trinajstić information content (AvgIpc) is 2.91. The van der Waals surface area contributed by atoms with E-state index in [1.807, 2.05) is 37.6 Å². The van der Waals surface area contributed by atoms with E-state index in [1.54, 1.807) is 18.5 Å². The van der Waals surface area contributed by atoms with Gasteiger partial charge in [0.2, 0.25) is 0 Å². The Kier molecular flexibility index (Phi) is 4.12. The van der Waals surface area contributed by atoms with Gasteiger partial charge in [-0.3, -0.25) is 4.79 Å². The fourth-order valence-corrected chi connectivity index (χ4v) is 2.54. The first-order valence-corrected chi connectivity index (χ1v) is 8.03. The molecule has 1 N–H and O–H groups in total. The van der Waals surface area contributed by atoms with Gasteiger partial charge in [-0.05, 0) is 54.9 Å². The first-order chi connectivity index (χ1) is 11.0. The average molecular weight is 374 g/mol. The summed E-state index contributed by atoms with van der Waals surface area (Å²) in [6, 6.07) is 5.59. The molecule has 3 heterocycles. The highest BCUT2D eigenvalue weighted by atomic mass is 79.9. The van der Waals surface area contributed by atoms with Gasteiger partial charge in [-0.15, -0.1) is 0 Å². The molecule has 23 heavy (non-hydrogen) atoms. The highest BCUT2D eigenvalue weighted by Gasteiger charge is 2.15. The molecule has 0 radical (unpaired) electrons. The second-order valence-electron chi connectivity index (χ2n) is 5.53. The van der Waals surface area contributed by atoms with Crippen molar-refractivity contribution in [3.63, 3.8) is 0 Å². The number of carbonyl (C=O) groups excluding carboxylic acids is 1. The van der Waals surface area contributed by atoms with Crippen LogP contribution in [-0.2, 0) is 0 Å². The van der Waals surface area contributed by atoms with Crippen LogP contribution in [0, 0.1) is 6.92 Å². The van der Waals surface area contributed by atoms with Crippen LogP contribution in [0.2, 0.25) is 0 Å². The van der Waals surface area contributed by atoms with E-state index >= 15 is 0 Å². The molecule has 0 aliphatic carbocycles. The van der Waals surface area contributed by atoms with Gasteiger partial charge in [-0.25, -0.2) is 14.6 Å². The van der Waals surface area contributed by atoms with Gasteiger partial charge in [-0.2, -0.15) is 5.10 Å². The molecule has 118 valence electrons. The van der Waals surface area contributed by atoms with Crippen molar-refractivity contribution in [2.75, 3.05) is 5.32 Å². The Balaban J connectivity index is 1.94. The highest BCUT2D eigenvalue weighted by molar-refractivity contribution is 9.10. The minimum atomic E-state index is -0.232. The fraction of sp³-hybridized carbons (Fsp3) is 0.250. The molecule has 7 heteroatoms. The molecular formula is C16H16BrN5O. The van der Waals surface area contributed by atoms with E-state index in [0.717, 1.165) is 15.5 Å². The first kappa shape index (κ1) is 15.6. The lowest BCUT2D eigenvalue weighted by atomic mass is 10.1. The Morgan fingerprint density at radius 2 is 2.09 bits per heavy atom. The molecule has 0 spiro atoms. The summed E-state index contributed by atoms with van der Waals surface area (Å²) in [6.45, 7) is 5.91. The lowest BCUT2D eigenvalue weighted by Gasteiger charge is -2.09. The molecule has 0 saturated carbocycles. The number of nitrogens with one attached hydrogen (secondary N) is 1. The van der Waals surface area contributed by atoms with Crippen LogP contribution in [0.25, 0.3) is 11.0 Å². The zero-order chi connectivity index (χ0) is 16.6. The number of aromatic nitrogens is 4. The van der Waals surface area contributed by atoms with Gasteiger partial charge in [0.15, 0.2) is 5.65 Å². The lowest BCUT2D eigenvalue weighted by molar-refractivity contribution is 0.102. The third kappa shape index (κ3) is 3.10. The van der Waals surface area contributed by atoms with E-state index in [9.17, 15) is 4.79 Å². The lowest BCUT2D eigenvalue weighted by Crippen LogP contribution is -2.15. The molecule has 0 aliphatic rings. The molecule has 3 aromatic rings. The Labute approximate surface area is 142 Å². The van der Waals surface area contributed by atoms with Crippen LogP contribution in [0.4, 0.5) is 5.82 Å². The van der Waals surface area contributed by atoms with Crippen LogP contribution in [0.5, 0.6) is 0 Å². The van der Waals surface area contributed by atoms with Crippen molar-refractivity contribution < 1.29 is 4.79 Å². The summed E-state index contributed by atoms with van der Waals surface area (Å²) < 4.78 is 2.70. The number of rotatable bonds is 3. The third-order valence-corrected chi connectivity index (χ3v) is 3.93. The molecule has 0 aromatic carbocycles. The summed E-state index contributed by atoms with van der Waals surface area (Å²) in [4.78, 5) is 21.2. The molecule has 0 atom stereocenters.